The van der Waals surface area contributed by atoms with E-state index in [0.29, 0.717) is 0 Å². The van der Waals surface area contributed by atoms with Crippen LogP contribution < -0.4 is 10.2 Å². The van der Waals surface area contributed by atoms with Crippen molar-refractivity contribution >= 4 is 11.6 Å². The van der Waals surface area contributed by atoms with Crippen LogP contribution in [-0.2, 0) is 0 Å². The zero-order valence-electron chi connectivity index (χ0n) is 12.6. The van der Waals surface area contributed by atoms with E-state index >= 15 is 0 Å². The summed E-state index contributed by atoms with van der Waals surface area (Å²) in [5.41, 5.74) is 0.201. The second-order valence-corrected chi connectivity index (χ2v) is 5.96. The van der Waals surface area contributed by atoms with Gasteiger partial charge in [-0.2, -0.15) is 0 Å². The van der Waals surface area contributed by atoms with Gasteiger partial charge in [0.15, 0.2) is 0 Å². The normalized spacial score (nSPS) is 19.5. The van der Waals surface area contributed by atoms with E-state index in [4.69, 9.17) is 4.98 Å². The second kappa shape index (κ2) is 5.78. The van der Waals surface area contributed by atoms with Crippen molar-refractivity contribution in [2.75, 3.05) is 43.4 Å². The van der Waals surface area contributed by atoms with Gasteiger partial charge in [-0.15, -0.1) is 0 Å². The van der Waals surface area contributed by atoms with Crippen molar-refractivity contribution in [3.8, 4) is 0 Å². The summed E-state index contributed by atoms with van der Waals surface area (Å²) >= 11 is 0. The molecule has 0 atom stereocenters. The lowest BCUT2D eigenvalue weighted by Crippen LogP contribution is -2.57. The maximum atomic E-state index is 4.72. The van der Waals surface area contributed by atoms with Crippen LogP contribution in [0.1, 0.15) is 27.2 Å². The number of piperazine rings is 1. The summed E-state index contributed by atoms with van der Waals surface area (Å²) in [5.74, 6) is 2.07. The molecule has 1 saturated heterocycles. The lowest BCUT2D eigenvalue weighted by atomic mass is 10.00. The summed E-state index contributed by atoms with van der Waals surface area (Å²) < 4.78 is 0. The molecule has 1 aromatic heterocycles. The molecule has 0 aliphatic carbocycles. The number of aromatic nitrogens is 1. The molecule has 0 amide bonds. The summed E-state index contributed by atoms with van der Waals surface area (Å²) in [6.45, 7) is 10.9. The number of pyridine rings is 1. The Morgan fingerprint density at radius 2 is 2.11 bits per heavy atom. The number of nitrogens with one attached hydrogen (secondary N) is 1. The molecular formula is C15H26N4. The fourth-order valence-corrected chi connectivity index (χ4v) is 2.39. The van der Waals surface area contributed by atoms with Crippen LogP contribution in [0.25, 0.3) is 0 Å². The van der Waals surface area contributed by atoms with Crippen LogP contribution in [0.5, 0.6) is 0 Å². The van der Waals surface area contributed by atoms with Crippen molar-refractivity contribution in [1.82, 2.24) is 9.88 Å². The molecule has 1 aliphatic heterocycles. The van der Waals surface area contributed by atoms with Crippen LogP contribution >= 0.6 is 0 Å². The minimum absolute atomic E-state index is 0.201. The number of hydrogen-bond acceptors (Lipinski definition) is 4. The van der Waals surface area contributed by atoms with Gasteiger partial charge in [-0.05, 0) is 39.4 Å². The molecule has 1 fully saturated rings. The molecule has 1 aromatic rings. The lowest BCUT2D eigenvalue weighted by molar-refractivity contribution is 0.138. The summed E-state index contributed by atoms with van der Waals surface area (Å²) in [6, 6.07) is 6.24. The molecule has 1 aliphatic rings. The Morgan fingerprint density at radius 3 is 2.79 bits per heavy atom. The molecule has 2 rings (SSSR count). The Labute approximate surface area is 116 Å². The van der Waals surface area contributed by atoms with Crippen LogP contribution in [0.2, 0.25) is 0 Å². The predicted molar refractivity (Wildman–Crippen MR) is 81.9 cm³/mol. The molecule has 4 nitrogen and oxygen atoms in total. The smallest absolute Gasteiger partial charge is 0.131 e. The first kappa shape index (κ1) is 14.1. The van der Waals surface area contributed by atoms with E-state index in [1.807, 2.05) is 6.07 Å². The number of anilines is 2. The monoisotopic (exact) mass is 262 g/mol. The molecule has 106 valence electrons. The highest BCUT2D eigenvalue weighted by molar-refractivity contribution is 5.47. The second-order valence-electron chi connectivity index (χ2n) is 5.96. The molecule has 19 heavy (non-hydrogen) atoms. The Bertz CT molecular complexity index is 416. The fourth-order valence-electron chi connectivity index (χ4n) is 2.39. The molecule has 0 radical (unpaired) electrons. The highest BCUT2D eigenvalue weighted by Crippen LogP contribution is 2.23. The highest BCUT2D eigenvalue weighted by Gasteiger charge is 2.31. The third kappa shape index (κ3) is 3.38. The van der Waals surface area contributed by atoms with Crippen molar-refractivity contribution < 1.29 is 0 Å². The third-order valence-corrected chi connectivity index (χ3v) is 3.93. The summed E-state index contributed by atoms with van der Waals surface area (Å²) in [5, 5.41) is 3.36. The van der Waals surface area contributed by atoms with Gasteiger partial charge in [0.25, 0.3) is 0 Å². The van der Waals surface area contributed by atoms with Crippen molar-refractivity contribution in [3.63, 3.8) is 0 Å². The van der Waals surface area contributed by atoms with Gasteiger partial charge < -0.3 is 10.2 Å². The molecule has 0 unspecified atom stereocenters. The van der Waals surface area contributed by atoms with Gasteiger partial charge in [-0.25, -0.2) is 4.98 Å². The Morgan fingerprint density at radius 1 is 1.32 bits per heavy atom. The van der Waals surface area contributed by atoms with Crippen molar-refractivity contribution in [2.45, 2.75) is 32.7 Å². The van der Waals surface area contributed by atoms with E-state index in [0.717, 1.165) is 44.2 Å². The van der Waals surface area contributed by atoms with Crippen LogP contribution in [0.15, 0.2) is 18.2 Å². The van der Waals surface area contributed by atoms with Crippen LogP contribution in [-0.4, -0.2) is 48.6 Å². The van der Waals surface area contributed by atoms with Gasteiger partial charge in [0.2, 0.25) is 0 Å². The zero-order chi connectivity index (χ0) is 13.9. The first-order valence-electron chi connectivity index (χ1n) is 7.20. The minimum Gasteiger partial charge on any atom is -0.370 e. The topological polar surface area (TPSA) is 31.4 Å². The van der Waals surface area contributed by atoms with E-state index in [2.05, 4.69) is 55.1 Å². The standard InChI is InChI=1S/C15H26N4/c1-5-9-16-13-7-6-8-14(17-13)19-11-10-18(4)15(2,3)12-19/h6-8H,5,9-12H2,1-4H3,(H,16,17). The molecule has 0 saturated carbocycles. The average Bonchev–Trinajstić information content (AvgIpc) is 2.40. The SMILES string of the molecule is CCCNc1cccc(N2CCN(C)C(C)(C)C2)n1. The highest BCUT2D eigenvalue weighted by atomic mass is 15.3. The number of hydrogen-bond donors (Lipinski definition) is 1. The van der Waals surface area contributed by atoms with E-state index in [1.165, 1.54) is 0 Å². The molecule has 0 spiro atoms. The van der Waals surface area contributed by atoms with Crippen molar-refractivity contribution in [2.24, 2.45) is 0 Å². The lowest BCUT2D eigenvalue weighted by Gasteiger charge is -2.45. The quantitative estimate of drug-likeness (QED) is 0.903. The van der Waals surface area contributed by atoms with Gasteiger partial charge in [0.05, 0.1) is 0 Å². The molecule has 0 aromatic carbocycles. The molecular weight excluding hydrogens is 236 g/mol. The first-order valence-corrected chi connectivity index (χ1v) is 7.20. The Balaban J connectivity index is 2.09. The van der Waals surface area contributed by atoms with Gasteiger partial charge in [0.1, 0.15) is 11.6 Å². The number of nitrogens with zero attached hydrogens (tertiary/aromatic N) is 3. The Kier molecular flexibility index (Phi) is 4.30. The minimum atomic E-state index is 0.201. The van der Waals surface area contributed by atoms with E-state index < -0.39 is 0 Å². The van der Waals surface area contributed by atoms with Crippen LogP contribution in [0.3, 0.4) is 0 Å². The maximum absolute atomic E-state index is 4.72. The van der Waals surface area contributed by atoms with Gasteiger partial charge in [-0.3, -0.25) is 4.90 Å². The first-order chi connectivity index (χ1) is 9.03. The largest absolute Gasteiger partial charge is 0.370 e. The number of likely N-dealkylation sites (N-methyl/N-ethyl adjacent to an activating group) is 1. The maximum Gasteiger partial charge on any atom is 0.131 e. The summed E-state index contributed by atoms with van der Waals surface area (Å²) in [4.78, 5) is 9.53. The van der Waals surface area contributed by atoms with Gasteiger partial charge in [-0.1, -0.05) is 13.0 Å². The van der Waals surface area contributed by atoms with Gasteiger partial charge >= 0.3 is 0 Å². The van der Waals surface area contributed by atoms with Crippen molar-refractivity contribution in [3.05, 3.63) is 18.2 Å². The molecule has 4 heteroatoms. The fraction of sp³-hybridized carbons (Fsp3) is 0.667. The van der Waals surface area contributed by atoms with Crippen LogP contribution in [0, 0.1) is 0 Å². The zero-order valence-corrected chi connectivity index (χ0v) is 12.6. The molecule has 2 heterocycles. The molecule has 0 bridgehead atoms. The predicted octanol–water partition coefficient (Wildman–Crippen LogP) is 2.43. The number of rotatable bonds is 4. The Hall–Kier alpha value is -1.29. The van der Waals surface area contributed by atoms with Crippen LogP contribution in [0.4, 0.5) is 11.6 Å². The summed E-state index contributed by atoms with van der Waals surface area (Å²) in [6.07, 6.45) is 1.12. The van der Waals surface area contributed by atoms with Crippen molar-refractivity contribution in [1.29, 1.82) is 0 Å². The summed E-state index contributed by atoms with van der Waals surface area (Å²) in [7, 11) is 2.20. The average molecular weight is 262 g/mol. The van der Waals surface area contributed by atoms with E-state index in [-0.39, 0.29) is 5.54 Å². The van der Waals surface area contributed by atoms with Gasteiger partial charge in [0, 0.05) is 31.7 Å². The molecule has 1 N–H and O–H groups in total. The van der Waals surface area contributed by atoms with E-state index in [1.54, 1.807) is 0 Å². The third-order valence-electron chi connectivity index (χ3n) is 3.93. The van der Waals surface area contributed by atoms with E-state index in [9.17, 15) is 0 Å².